The predicted octanol–water partition coefficient (Wildman–Crippen LogP) is 2.30. The quantitative estimate of drug-likeness (QED) is 0.652. The summed E-state index contributed by atoms with van der Waals surface area (Å²) in [5.74, 6) is 0.714. The molecule has 0 aromatic heterocycles. The summed E-state index contributed by atoms with van der Waals surface area (Å²) in [4.78, 5) is 23.0. The van der Waals surface area contributed by atoms with E-state index in [1.807, 2.05) is 13.8 Å². The van der Waals surface area contributed by atoms with E-state index >= 15 is 0 Å². The molecule has 0 unspecified atom stereocenters. The van der Waals surface area contributed by atoms with Gasteiger partial charge in [0.05, 0.1) is 18.1 Å². The third-order valence-corrected chi connectivity index (χ3v) is 5.05. The van der Waals surface area contributed by atoms with E-state index in [9.17, 15) is 18.0 Å². The lowest BCUT2D eigenvalue weighted by Crippen LogP contribution is -2.26. The highest BCUT2D eigenvalue weighted by molar-refractivity contribution is 8.04. The van der Waals surface area contributed by atoms with E-state index < -0.39 is 9.84 Å². The van der Waals surface area contributed by atoms with Gasteiger partial charge < -0.3 is 14.8 Å². The van der Waals surface area contributed by atoms with E-state index in [-0.39, 0.29) is 23.8 Å². The zero-order valence-electron chi connectivity index (χ0n) is 15.7. The van der Waals surface area contributed by atoms with Crippen LogP contribution in [0.3, 0.4) is 0 Å². The molecule has 1 N–H and O–H groups in total. The molecule has 0 spiro atoms. The van der Waals surface area contributed by atoms with Crippen molar-refractivity contribution in [3.05, 3.63) is 53.6 Å². The molecule has 0 aliphatic heterocycles. The lowest BCUT2D eigenvalue weighted by molar-refractivity contribution is 0.0953. The zero-order chi connectivity index (χ0) is 20.6. The molecule has 8 heteroatoms. The number of hydrogen-bond acceptors (Lipinski definition) is 6. The van der Waals surface area contributed by atoms with Crippen molar-refractivity contribution < 1.29 is 27.5 Å². The van der Waals surface area contributed by atoms with Crippen molar-refractivity contribution in [1.82, 2.24) is 5.32 Å². The number of carbonyl (C=O) groups is 1. The van der Waals surface area contributed by atoms with Gasteiger partial charge in [-0.3, -0.25) is 9.59 Å². The Morgan fingerprint density at radius 3 is 2.39 bits per heavy atom. The third kappa shape index (κ3) is 5.32. The summed E-state index contributed by atoms with van der Waals surface area (Å²) in [6, 6.07) is 11.0. The van der Waals surface area contributed by atoms with E-state index in [4.69, 9.17) is 9.47 Å². The number of sulfone groups is 1. The van der Waals surface area contributed by atoms with Gasteiger partial charge in [0.15, 0.2) is 11.5 Å². The Labute approximate surface area is 164 Å². The molecule has 2 aromatic carbocycles. The van der Waals surface area contributed by atoms with Gasteiger partial charge in [0, 0.05) is 12.1 Å². The number of hydrogen-bond donors (Lipinski definition) is 1. The molecule has 0 fully saturated rings. The molecule has 2 rings (SSSR count). The van der Waals surface area contributed by atoms with Crippen molar-refractivity contribution in [2.75, 3.05) is 19.8 Å². The SMILES string of the molecule is CCOc1ccc(C(=O)NCCc2ccccc2S(=O)(=O)[C]=O)cc1OCC. The van der Waals surface area contributed by atoms with Crippen LogP contribution in [-0.4, -0.2) is 39.7 Å². The number of carbonyl (C=O) groups excluding carboxylic acids is 2. The Bertz CT molecular complexity index is 939. The highest BCUT2D eigenvalue weighted by Crippen LogP contribution is 2.28. The molecule has 149 valence electrons. The van der Waals surface area contributed by atoms with Gasteiger partial charge in [-0.1, -0.05) is 18.2 Å². The molecular formula is C20H22NO6S. The van der Waals surface area contributed by atoms with Gasteiger partial charge in [-0.15, -0.1) is 0 Å². The first-order valence-electron chi connectivity index (χ1n) is 8.82. The van der Waals surface area contributed by atoms with E-state index in [0.29, 0.717) is 35.8 Å². The monoisotopic (exact) mass is 404 g/mol. The molecule has 1 amide bonds. The molecule has 2 aromatic rings. The van der Waals surface area contributed by atoms with E-state index in [1.165, 1.54) is 12.1 Å². The van der Waals surface area contributed by atoms with Crippen molar-refractivity contribution >= 4 is 21.4 Å². The van der Waals surface area contributed by atoms with Crippen molar-refractivity contribution in [2.45, 2.75) is 25.2 Å². The topological polar surface area (TPSA) is 98.8 Å². The fourth-order valence-electron chi connectivity index (χ4n) is 2.62. The second-order valence-electron chi connectivity index (χ2n) is 5.73. The Morgan fingerprint density at radius 2 is 1.71 bits per heavy atom. The number of amides is 1. The van der Waals surface area contributed by atoms with Crippen molar-refractivity contribution in [2.24, 2.45) is 0 Å². The van der Waals surface area contributed by atoms with Gasteiger partial charge in [-0.2, -0.15) is 0 Å². The Balaban J connectivity index is 2.08. The van der Waals surface area contributed by atoms with E-state index in [1.54, 1.807) is 30.3 Å². The van der Waals surface area contributed by atoms with Crippen LogP contribution in [0.2, 0.25) is 0 Å². The summed E-state index contributed by atoms with van der Waals surface area (Å²) < 4.78 is 34.6. The summed E-state index contributed by atoms with van der Waals surface area (Å²) in [6.07, 6.45) is 0.248. The van der Waals surface area contributed by atoms with Gasteiger partial charge in [-0.25, -0.2) is 8.42 Å². The van der Waals surface area contributed by atoms with Gasteiger partial charge >= 0.3 is 5.62 Å². The molecule has 0 aliphatic carbocycles. The first kappa shape index (κ1) is 21.4. The Kier molecular flexibility index (Phi) is 7.57. The van der Waals surface area contributed by atoms with Crippen LogP contribution in [0.15, 0.2) is 47.4 Å². The fraction of sp³-hybridized carbons (Fsp3) is 0.300. The summed E-state index contributed by atoms with van der Waals surface area (Å²) in [5, 5.41) is 2.74. The average molecular weight is 404 g/mol. The van der Waals surface area contributed by atoms with Crippen LogP contribution in [0.25, 0.3) is 0 Å². The third-order valence-electron chi connectivity index (χ3n) is 3.86. The van der Waals surface area contributed by atoms with Crippen molar-refractivity contribution in [3.8, 4) is 11.5 Å². The number of benzene rings is 2. The first-order chi connectivity index (χ1) is 13.4. The van der Waals surface area contributed by atoms with Crippen LogP contribution in [0.1, 0.15) is 29.8 Å². The number of ether oxygens (including phenoxy) is 2. The molecular weight excluding hydrogens is 382 g/mol. The van der Waals surface area contributed by atoms with E-state index in [0.717, 1.165) is 5.62 Å². The standard InChI is InChI=1S/C20H22NO6S/c1-3-26-17-10-9-16(13-18(17)27-4-2)20(23)21-12-11-15-7-5-6-8-19(15)28(24,25)14-22/h5-10,13H,3-4,11-12H2,1-2H3,(H,21,23). The van der Waals surface area contributed by atoms with Crippen LogP contribution in [0.4, 0.5) is 0 Å². The second-order valence-corrected chi connectivity index (χ2v) is 7.34. The number of rotatable bonds is 10. The molecule has 1 radical (unpaired) electrons. The highest BCUT2D eigenvalue weighted by atomic mass is 32.2. The molecule has 0 atom stereocenters. The maximum absolute atomic E-state index is 12.4. The smallest absolute Gasteiger partial charge is 0.333 e. The molecule has 0 saturated carbocycles. The Morgan fingerprint density at radius 1 is 1.04 bits per heavy atom. The highest BCUT2D eigenvalue weighted by Gasteiger charge is 2.18. The van der Waals surface area contributed by atoms with E-state index in [2.05, 4.69) is 5.32 Å². The lowest BCUT2D eigenvalue weighted by Gasteiger charge is -2.13. The van der Waals surface area contributed by atoms with Gasteiger partial charge in [0.1, 0.15) is 0 Å². The van der Waals surface area contributed by atoms with Gasteiger partial charge in [-0.05, 0) is 50.1 Å². The van der Waals surface area contributed by atoms with Crippen molar-refractivity contribution in [3.63, 3.8) is 0 Å². The minimum Gasteiger partial charge on any atom is -0.490 e. The predicted molar refractivity (Wildman–Crippen MR) is 104 cm³/mol. The van der Waals surface area contributed by atoms with Crippen LogP contribution in [-0.2, 0) is 21.1 Å². The molecule has 7 nitrogen and oxygen atoms in total. The fourth-order valence-corrected chi connectivity index (χ4v) is 3.49. The Hall–Kier alpha value is -2.87. The van der Waals surface area contributed by atoms with Gasteiger partial charge in [0.2, 0.25) is 9.84 Å². The second kappa shape index (κ2) is 9.89. The average Bonchev–Trinajstić information content (AvgIpc) is 2.70. The van der Waals surface area contributed by atoms with Crippen LogP contribution < -0.4 is 14.8 Å². The summed E-state index contributed by atoms with van der Waals surface area (Å²) in [6.45, 7) is 4.80. The first-order valence-corrected chi connectivity index (χ1v) is 10.3. The largest absolute Gasteiger partial charge is 0.490 e. The normalized spacial score (nSPS) is 10.9. The molecule has 0 aliphatic rings. The van der Waals surface area contributed by atoms with Gasteiger partial charge in [0.25, 0.3) is 5.91 Å². The zero-order valence-corrected chi connectivity index (χ0v) is 16.5. The van der Waals surface area contributed by atoms with Crippen molar-refractivity contribution in [1.29, 1.82) is 0 Å². The van der Waals surface area contributed by atoms with Crippen LogP contribution >= 0.6 is 0 Å². The molecule has 28 heavy (non-hydrogen) atoms. The lowest BCUT2D eigenvalue weighted by atomic mass is 10.1. The summed E-state index contributed by atoms with van der Waals surface area (Å²) in [5.41, 5.74) is 1.90. The molecule has 0 heterocycles. The van der Waals surface area contributed by atoms with Crippen LogP contribution in [0.5, 0.6) is 11.5 Å². The maximum atomic E-state index is 12.4. The summed E-state index contributed by atoms with van der Waals surface area (Å²) >= 11 is 0. The number of nitrogens with one attached hydrogen (secondary N) is 1. The maximum Gasteiger partial charge on any atom is 0.333 e. The minimum absolute atomic E-state index is 0.0982. The van der Waals surface area contributed by atoms with Crippen LogP contribution in [0, 0.1) is 0 Å². The minimum atomic E-state index is -4.10. The molecule has 0 bridgehead atoms. The molecule has 0 saturated heterocycles. The summed E-state index contributed by atoms with van der Waals surface area (Å²) in [7, 11) is -4.10.